The van der Waals surface area contributed by atoms with E-state index in [1.54, 1.807) is 0 Å². The Balaban J connectivity index is 0.000000326. The number of benzene rings is 1. The number of carbonyl (C=O) groups is 1. The first-order valence-corrected chi connectivity index (χ1v) is 9.44. The fourth-order valence-electron chi connectivity index (χ4n) is 3.87. The lowest BCUT2D eigenvalue weighted by molar-refractivity contribution is -0.125. The summed E-state index contributed by atoms with van der Waals surface area (Å²) in [4.78, 5) is 12.7. The van der Waals surface area contributed by atoms with Gasteiger partial charge in [0.2, 0.25) is 0 Å². The molecule has 2 fully saturated rings. The largest absolute Gasteiger partial charge is 0.399 e. The average Bonchev–Trinajstić information content (AvgIpc) is 2.83. The standard InChI is InChI=1S/C17H21NO.CH4O4S/c1-16(2)14-8-9-17(16,3)15(19)13(14)10-11-4-6-12(18)7-5-11;1-5-6(2,3)4/h4-7,10,14H,8-9,18H2,1-3H3;1H3,(H,2,3,4). The lowest BCUT2D eigenvalue weighted by Crippen LogP contribution is -2.32. The first kappa shape index (κ1) is 19.6. The van der Waals surface area contributed by atoms with Gasteiger partial charge in [0.1, 0.15) is 0 Å². The minimum absolute atomic E-state index is 0.0870. The van der Waals surface area contributed by atoms with Crippen molar-refractivity contribution >= 4 is 27.9 Å². The minimum atomic E-state index is -4.16. The topological polar surface area (TPSA) is 107 Å². The molecule has 1 aromatic rings. The van der Waals surface area contributed by atoms with Crippen molar-refractivity contribution in [2.24, 2.45) is 16.7 Å². The molecule has 0 heterocycles. The monoisotopic (exact) mass is 367 g/mol. The number of rotatable bonds is 2. The van der Waals surface area contributed by atoms with Gasteiger partial charge in [0.25, 0.3) is 0 Å². The van der Waals surface area contributed by atoms with Gasteiger partial charge in [-0.2, -0.15) is 8.42 Å². The summed E-state index contributed by atoms with van der Waals surface area (Å²) in [5.41, 5.74) is 8.47. The highest BCUT2D eigenvalue weighted by molar-refractivity contribution is 7.80. The molecule has 25 heavy (non-hydrogen) atoms. The molecule has 0 aromatic heterocycles. The number of hydrogen-bond acceptors (Lipinski definition) is 5. The number of Topliss-reactive ketones (excluding diaryl/α,β-unsaturated/α-hetero) is 1. The predicted molar refractivity (Wildman–Crippen MR) is 97.0 cm³/mol. The molecule has 0 spiro atoms. The van der Waals surface area contributed by atoms with Crippen LogP contribution in [-0.2, 0) is 19.4 Å². The number of nitrogen functional groups attached to an aromatic ring is 1. The highest BCUT2D eigenvalue weighted by Crippen LogP contribution is 2.65. The van der Waals surface area contributed by atoms with Gasteiger partial charge < -0.3 is 5.73 Å². The van der Waals surface area contributed by atoms with Gasteiger partial charge in [-0.3, -0.25) is 13.5 Å². The number of fused-ring (bicyclic) bond motifs is 2. The van der Waals surface area contributed by atoms with Gasteiger partial charge in [-0.25, -0.2) is 0 Å². The molecule has 2 unspecified atom stereocenters. The van der Waals surface area contributed by atoms with Gasteiger partial charge in [-0.05, 0) is 53.5 Å². The molecule has 1 aromatic carbocycles. The molecular formula is C18H25NO5S. The zero-order valence-corrected chi connectivity index (χ0v) is 15.8. The highest BCUT2D eigenvalue weighted by atomic mass is 32.3. The van der Waals surface area contributed by atoms with Crippen LogP contribution in [0.15, 0.2) is 29.8 Å². The third-order valence-corrected chi connectivity index (χ3v) is 6.26. The summed E-state index contributed by atoms with van der Waals surface area (Å²) in [7, 11) is -3.29. The maximum atomic E-state index is 12.7. The molecule has 7 heteroatoms. The number of hydrogen-bond donors (Lipinski definition) is 2. The molecule has 2 bridgehead atoms. The molecule has 6 nitrogen and oxygen atoms in total. The Kier molecular flexibility index (Phi) is 5.14. The van der Waals surface area contributed by atoms with Crippen LogP contribution in [0, 0.1) is 16.7 Å². The zero-order chi connectivity index (χ0) is 19.0. The van der Waals surface area contributed by atoms with Crippen molar-refractivity contribution in [2.75, 3.05) is 12.8 Å². The Labute approximate surface area is 149 Å². The summed E-state index contributed by atoms with van der Waals surface area (Å²) < 4.78 is 29.7. The van der Waals surface area contributed by atoms with Crippen LogP contribution in [-0.4, -0.2) is 25.9 Å². The molecular weight excluding hydrogens is 342 g/mol. The summed E-state index contributed by atoms with van der Waals surface area (Å²) >= 11 is 0. The van der Waals surface area contributed by atoms with Crippen LogP contribution >= 0.6 is 0 Å². The van der Waals surface area contributed by atoms with Crippen molar-refractivity contribution < 1.29 is 21.9 Å². The SMILES string of the molecule is CC12CCC(C(=Cc3ccc(N)cc3)C1=O)C2(C)C.COS(=O)(=O)O. The number of nitrogens with two attached hydrogens (primary N) is 1. The summed E-state index contributed by atoms with van der Waals surface area (Å²) in [5.74, 6) is 0.758. The van der Waals surface area contributed by atoms with Crippen molar-refractivity contribution in [1.29, 1.82) is 0 Å². The van der Waals surface area contributed by atoms with Crippen LogP contribution in [0.25, 0.3) is 6.08 Å². The summed E-state index contributed by atoms with van der Waals surface area (Å²) in [5, 5.41) is 0. The lowest BCUT2D eigenvalue weighted by atomic mass is 9.70. The van der Waals surface area contributed by atoms with Crippen molar-refractivity contribution in [1.82, 2.24) is 0 Å². The van der Waals surface area contributed by atoms with Crippen molar-refractivity contribution in [3.8, 4) is 0 Å². The van der Waals surface area contributed by atoms with E-state index in [1.807, 2.05) is 24.3 Å². The van der Waals surface area contributed by atoms with Gasteiger partial charge >= 0.3 is 10.4 Å². The van der Waals surface area contributed by atoms with Crippen LogP contribution in [0.2, 0.25) is 0 Å². The Bertz CT molecular complexity index is 795. The maximum absolute atomic E-state index is 12.7. The molecule has 2 saturated carbocycles. The molecule has 0 saturated heterocycles. The Morgan fingerprint density at radius 1 is 1.24 bits per heavy atom. The van der Waals surface area contributed by atoms with E-state index in [0.29, 0.717) is 11.7 Å². The predicted octanol–water partition coefficient (Wildman–Crippen LogP) is 3.11. The second-order valence-electron chi connectivity index (χ2n) is 7.33. The fourth-order valence-corrected chi connectivity index (χ4v) is 3.87. The molecule has 0 aliphatic heterocycles. The van der Waals surface area contributed by atoms with Crippen LogP contribution in [0.4, 0.5) is 5.69 Å². The van der Waals surface area contributed by atoms with Crippen molar-refractivity contribution in [3.05, 3.63) is 35.4 Å². The first-order chi connectivity index (χ1) is 11.4. The molecule has 138 valence electrons. The van der Waals surface area contributed by atoms with E-state index in [-0.39, 0.29) is 10.8 Å². The summed E-state index contributed by atoms with van der Waals surface area (Å²) in [6.07, 6.45) is 4.23. The summed E-state index contributed by atoms with van der Waals surface area (Å²) in [6.45, 7) is 6.62. The van der Waals surface area contributed by atoms with E-state index in [1.165, 1.54) is 0 Å². The van der Waals surface area contributed by atoms with Gasteiger partial charge in [-0.15, -0.1) is 0 Å². The smallest absolute Gasteiger partial charge is 0.397 e. The Hall–Kier alpha value is -1.70. The minimum Gasteiger partial charge on any atom is -0.399 e. The quantitative estimate of drug-likeness (QED) is 0.472. The molecule has 0 radical (unpaired) electrons. The molecule has 3 N–H and O–H groups in total. The highest BCUT2D eigenvalue weighted by Gasteiger charge is 2.63. The van der Waals surface area contributed by atoms with E-state index in [9.17, 15) is 13.2 Å². The van der Waals surface area contributed by atoms with E-state index >= 15 is 0 Å². The molecule has 0 amide bonds. The normalized spacial score (nSPS) is 28.8. The zero-order valence-electron chi connectivity index (χ0n) is 14.9. The van der Waals surface area contributed by atoms with Gasteiger partial charge in [0, 0.05) is 11.1 Å². The van der Waals surface area contributed by atoms with E-state index < -0.39 is 10.4 Å². The van der Waals surface area contributed by atoms with E-state index in [0.717, 1.165) is 36.8 Å². The van der Waals surface area contributed by atoms with E-state index in [2.05, 4.69) is 31.0 Å². The number of carbonyl (C=O) groups excluding carboxylic acids is 1. The van der Waals surface area contributed by atoms with Gasteiger partial charge in [0.05, 0.1) is 7.11 Å². The lowest BCUT2D eigenvalue weighted by Gasteiger charge is -2.31. The first-order valence-electron chi connectivity index (χ1n) is 8.07. The molecule has 2 aliphatic carbocycles. The van der Waals surface area contributed by atoms with E-state index in [4.69, 9.17) is 10.3 Å². The van der Waals surface area contributed by atoms with Crippen LogP contribution in [0.1, 0.15) is 39.2 Å². The molecule has 2 aliphatic rings. The molecule has 3 rings (SSSR count). The number of ketones is 1. The summed E-state index contributed by atoms with van der Waals surface area (Å²) in [6, 6.07) is 7.74. The van der Waals surface area contributed by atoms with Crippen LogP contribution < -0.4 is 5.73 Å². The Morgan fingerprint density at radius 3 is 2.16 bits per heavy atom. The van der Waals surface area contributed by atoms with Crippen molar-refractivity contribution in [2.45, 2.75) is 33.6 Å². The third kappa shape index (κ3) is 3.63. The average molecular weight is 367 g/mol. The number of allylic oxidation sites excluding steroid dienone is 1. The maximum Gasteiger partial charge on any atom is 0.397 e. The van der Waals surface area contributed by atoms with Crippen molar-refractivity contribution in [3.63, 3.8) is 0 Å². The van der Waals surface area contributed by atoms with Gasteiger partial charge in [-0.1, -0.05) is 32.9 Å². The Morgan fingerprint density at radius 2 is 1.76 bits per heavy atom. The van der Waals surface area contributed by atoms with Gasteiger partial charge in [0.15, 0.2) is 5.78 Å². The fraction of sp³-hybridized carbons (Fsp3) is 0.500. The second kappa shape index (κ2) is 6.55. The van der Waals surface area contributed by atoms with Crippen LogP contribution in [0.5, 0.6) is 0 Å². The number of anilines is 1. The third-order valence-electron chi connectivity index (χ3n) is 5.83. The second-order valence-corrected chi connectivity index (χ2v) is 8.52. The molecule has 2 atom stereocenters. The van der Waals surface area contributed by atoms with Crippen LogP contribution in [0.3, 0.4) is 0 Å².